The third kappa shape index (κ3) is 7.66. The Morgan fingerprint density at radius 3 is 2.31 bits per heavy atom. The summed E-state index contributed by atoms with van der Waals surface area (Å²) < 4.78 is 5.49. The molecule has 0 spiro atoms. The van der Waals surface area contributed by atoms with Crippen LogP contribution in [0.4, 0.5) is 21.9 Å². The molecule has 8 nitrogen and oxygen atoms in total. The number of benzene rings is 2. The number of amides is 2. The van der Waals surface area contributed by atoms with Gasteiger partial charge in [-0.3, -0.25) is 4.79 Å². The lowest BCUT2D eigenvalue weighted by Crippen LogP contribution is -2.30. The Morgan fingerprint density at radius 2 is 1.64 bits per heavy atom. The van der Waals surface area contributed by atoms with E-state index in [1.54, 1.807) is 32.3 Å². The topological polar surface area (TPSA) is 102 Å². The Hall–Kier alpha value is -4.20. The van der Waals surface area contributed by atoms with E-state index in [2.05, 4.69) is 38.2 Å². The Balaban J connectivity index is 1.87. The minimum Gasteiger partial charge on any atom is -0.508 e. The van der Waals surface area contributed by atoms with Crippen molar-refractivity contribution in [1.29, 1.82) is 0 Å². The van der Waals surface area contributed by atoms with Crippen molar-refractivity contribution < 1.29 is 24.5 Å². The Labute approximate surface area is 230 Å². The van der Waals surface area contributed by atoms with E-state index in [0.29, 0.717) is 5.69 Å². The van der Waals surface area contributed by atoms with Gasteiger partial charge in [-0.2, -0.15) is 0 Å². The second-order valence-corrected chi connectivity index (χ2v) is 10.3. The molecule has 39 heavy (non-hydrogen) atoms. The summed E-state index contributed by atoms with van der Waals surface area (Å²) in [7, 11) is 3.12. The van der Waals surface area contributed by atoms with Crippen molar-refractivity contribution >= 4 is 29.1 Å². The Kier molecular flexibility index (Phi) is 9.82. The van der Waals surface area contributed by atoms with Gasteiger partial charge in [0.15, 0.2) is 5.75 Å². The molecule has 208 valence electrons. The van der Waals surface area contributed by atoms with E-state index in [0.717, 1.165) is 31.3 Å². The molecule has 1 heterocycles. The van der Waals surface area contributed by atoms with E-state index in [9.17, 15) is 19.8 Å². The normalized spacial score (nSPS) is 13.2. The molecular formula is C31H39N3O5. The predicted octanol–water partition coefficient (Wildman–Crippen LogP) is 7.28. The molecular weight excluding hydrogens is 494 g/mol. The molecule has 0 bridgehead atoms. The maximum atomic E-state index is 13.8. The van der Waals surface area contributed by atoms with Crippen LogP contribution in [0.1, 0.15) is 63.7 Å². The summed E-state index contributed by atoms with van der Waals surface area (Å²) in [5, 5.41) is 24.0. The van der Waals surface area contributed by atoms with Crippen molar-refractivity contribution in [3.8, 4) is 17.2 Å². The van der Waals surface area contributed by atoms with E-state index in [1.165, 1.54) is 33.1 Å². The van der Waals surface area contributed by atoms with Crippen LogP contribution in [0.15, 0.2) is 65.3 Å². The van der Waals surface area contributed by atoms with E-state index in [4.69, 9.17) is 4.74 Å². The highest BCUT2D eigenvalue weighted by molar-refractivity contribution is 6.15. The number of hydrogen-bond acceptors (Lipinski definition) is 6. The second-order valence-electron chi connectivity index (χ2n) is 10.3. The van der Waals surface area contributed by atoms with Crippen molar-refractivity contribution in [3.63, 3.8) is 0 Å². The van der Waals surface area contributed by atoms with Gasteiger partial charge >= 0.3 is 6.09 Å². The van der Waals surface area contributed by atoms with Crippen LogP contribution in [-0.2, 0) is 0 Å². The number of hydrogen-bond donors (Lipinski definition) is 3. The van der Waals surface area contributed by atoms with Crippen molar-refractivity contribution in [2.24, 2.45) is 0 Å². The zero-order valence-electron chi connectivity index (χ0n) is 23.7. The number of aromatic hydroxyl groups is 2. The fourth-order valence-electron chi connectivity index (χ4n) is 4.19. The number of anilines is 3. The van der Waals surface area contributed by atoms with Crippen LogP contribution in [0.25, 0.3) is 0 Å². The molecule has 8 heteroatoms. The lowest BCUT2D eigenvalue weighted by molar-refractivity contribution is 0.0990. The number of fused-ring (bicyclic) bond motifs is 2. The monoisotopic (exact) mass is 533 g/mol. The SMILES string of the molecule is CC(C)=CCCC(C)=CCCC(C)=CCN1C(=O)c2cccc(OC(=O)N(C)C)c2Nc2c(O)cc(O)cc21. The number of nitrogens with one attached hydrogen (secondary N) is 1. The van der Waals surface area contributed by atoms with E-state index in [-0.39, 0.29) is 46.6 Å². The summed E-state index contributed by atoms with van der Waals surface area (Å²) in [6.07, 6.45) is 9.72. The molecule has 0 aromatic heterocycles. The fraction of sp³-hybridized carbons (Fsp3) is 0.355. The van der Waals surface area contributed by atoms with Gasteiger partial charge in [0.25, 0.3) is 5.91 Å². The summed E-state index contributed by atoms with van der Waals surface area (Å²) in [6.45, 7) is 8.62. The molecule has 3 N–H and O–H groups in total. The minimum atomic E-state index is -0.603. The van der Waals surface area contributed by atoms with Crippen LogP contribution in [0, 0.1) is 0 Å². The molecule has 0 fully saturated rings. The number of carbonyl (C=O) groups is 2. The van der Waals surface area contributed by atoms with Gasteiger partial charge in [-0.05, 0) is 65.5 Å². The molecule has 0 unspecified atom stereocenters. The third-order valence-corrected chi connectivity index (χ3v) is 6.43. The third-order valence-electron chi connectivity index (χ3n) is 6.43. The van der Waals surface area contributed by atoms with Crippen molar-refractivity contribution in [1.82, 2.24) is 4.90 Å². The molecule has 1 aliphatic heterocycles. The lowest BCUT2D eigenvalue weighted by Gasteiger charge is -2.22. The summed E-state index contributed by atoms with van der Waals surface area (Å²) in [6, 6.07) is 7.47. The van der Waals surface area contributed by atoms with Gasteiger partial charge in [0.2, 0.25) is 0 Å². The Morgan fingerprint density at radius 1 is 0.974 bits per heavy atom. The number of ether oxygens (including phenoxy) is 1. The number of carbonyl (C=O) groups excluding carboxylic acids is 2. The quantitative estimate of drug-likeness (QED) is 0.178. The van der Waals surface area contributed by atoms with Gasteiger partial charge in [0.05, 0.1) is 16.9 Å². The van der Waals surface area contributed by atoms with Gasteiger partial charge < -0.3 is 30.1 Å². The van der Waals surface area contributed by atoms with Crippen LogP contribution in [0.5, 0.6) is 17.2 Å². The van der Waals surface area contributed by atoms with Crippen molar-refractivity contribution in [2.75, 3.05) is 30.9 Å². The second kappa shape index (κ2) is 13.0. The lowest BCUT2D eigenvalue weighted by atomic mass is 10.1. The highest BCUT2D eigenvalue weighted by atomic mass is 16.6. The van der Waals surface area contributed by atoms with Gasteiger partial charge in [0, 0.05) is 32.8 Å². The first-order valence-electron chi connectivity index (χ1n) is 13.1. The van der Waals surface area contributed by atoms with Gasteiger partial charge in [0.1, 0.15) is 17.2 Å². The molecule has 0 saturated carbocycles. The highest BCUT2D eigenvalue weighted by Gasteiger charge is 2.31. The first-order chi connectivity index (χ1) is 18.5. The summed E-state index contributed by atoms with van der Waals surface area (Å²) in [4.78, 5) is 28.8. The summed E-state index contributed by atoms with van der Waals surface area (Å²) in [5.74, 6) is -0.620. The zero-order chi connectivity index (χ0) is 28.7. The number of allylic oxidation sites excluding steroid dienone is 5. The first kappa shape index (κ1) is 29.4. The zero-order valence-corrected chi connectivity index (χ0v) is 23.7. The number of para-hydroxylation sites is 1. The summed E-state index contributed by atoms with van der Waals surface area (Å²) >= 11 is 0. The number of phenols is 2. The molecule has 2 aromatic carbocycles. The van der Waals surface area contributed by atoms with Crippen molar-refractivity contribution in [2.45, 2.75) is 53.4 Å². The largest absolute Gasteiger partial charge is 0.508 e. The highest BCUT2D eigenvalue weighted by Crippen LogP contribution is 2.46. The molecule has 0 atom stereocenters. The Bertz CT molecular complexity index is 1320. The minimum absolute atomic E-state index is 0.151. The standard InChI is InChI=1S/C31H39N3O5/c1-20(2)10-7-11-21(3)12-8-13-22(4)16-17-34-25-18-23(35)19-26(36)29(25)32-28-24(30(34)37)14-9-15-27(28)39-31(38)33(5)6/h9-10,12,14-16,18-19,32,35-36H,7-8,11,13,17H2,1-6H3. The van der Waals surface area contributed by atoms with Crippen molar-refractivity contribution in [3.05, 3.63) is 70.8 Å². The van der Waals surface area contributed by atoms with Gasteiger partial charge in [-0.25, -0.2) is 4.79 Å². The van der Waals surface area contributed by atoms with Crippen LogP contribution in [-0.4, -0.2) is 47.8 Å². The van der Waals surface area contributed by atoms with Crippen LogP contribution in [0.2, 0.25) is 0 Å². The molecule has 2 amide bonds. The summed E-state index contributed by atoms with van der Waals surface area (Å²) in [5.41, 5.74) is 4.89. The van der Waals surface area contributed by atoms with E-state index >= 15 is 0 Å². The first-order valence-corrected chi connectivity index (χ1v) is 13.1. The molecule has 3 rings (SSSR count). The van der Waals surface area contributed by atoms with E-state index < -0.39 is 6.09 Å². The predicted molar refractivity (Wildman–Crippen MR) is 156 cm³/mol. The van der Waals surface area contributed by atoms with Crippen LogP contribution < -0.4 is 15.0 Å². The van der Waals surface area contributed by atoms with Gasteiger partial charge in [-0.15, -0.1) is 0 Å². The maximum Gasteiger partial charge on any atom is 0.414 e. The smallest absolute Gasteiger partial charge is 0.414 e. The molecule has 2 aromatic rings. The number of nitrogens with zero attached hydrogens (tertiary/aromatic N) is 2. The van der Waals surface area contributed by atoms with Crippen LogP contribution in [0.3, 0.4) is 0 Å². The molecule has 1 aliphatic rings. The number of phenolic OH excluding ortho intramolecular Hbond substituents is 2. The molecule has 0 saturated heterocycles. The van der Waals surface area contributed by atoms with Crippen LogP contribution >= 0.6 is 0 Å². The van der Waals surface area contributed by atoms with E-state index in [1.807, 2.05) is 13.0 Å². The average molecular weight is 534 g/mol. The van der Waals surface area contributed by atoms with Gasteiger partial charge in [-0.1, -0.05) is 41.0 Å². The number of rotatable bonds is 9. The molecule has 0 aliphatic carbocycles. The molecule has 0 radical (unpaired) electrons. The fourth-order valence-corrected chi connectivity index (χ4v) is 4.19. The average Bonchev–Trinajstić information content (AvgIpc) is 2.97. The maximum absolute atomic E-state index is 13.8.